The van der Waals surface area contributed by atoms with Crippen molar-refractivity contribution in [1.29, 1.82) is 0 Å². The van der Waals surface area contributed by atoms with Gasteiger partial charge in [0, 0.05) is 25.9 Å². The lowest BCUT2D eigenvalue weighted by Gasteiger charge is -2.33. The van der Waals surface area contributed by atoms with E-state index in [2.05, 4.69) is 5.32 Å². The van der Waals surface area contributed by atoms with Crippen LogP contribution >= 0.6 is 0 Å². The van der Waals surface area contributed by atoms with Gasteiger partial charge in [0.2, 0.25) is 5.91 Å². The van der Waals surface area contributed by atoms with Crippen molar-refractivity contribution in [3.05, 3.63) is 35.7 Å². The summed E-state index contributed by atoms with van der Waals surface area (Å²) < 4.78 is 23.2. The second kappa shape index (κ2) is 11.7. The third-order valence-corrected chi connectivity index (χ3v) is 6.80. The van der Waals surface area contributed by atoms with Crippen LogP contribution in [0.4, 0.5) is 16.2 Å². The molecule has 0 bridgehead atoms. The topological polar surface area (TPSA) is 149 Å². The number of nitrogens with one attached hydrogen (secondary N) is 1. The van der Waals surface area contributed by atoms with E-state index in [4.69, 9.17) is 18.9 Å². The van der Waals surface area contributed by atoms with Crippen LogP contribution in [0.2, 0.25) is 0 Å². The van der Waals surface area contributed by atoms with Crippen LogP contribution in [-0.2, 0) is 21.3 Å². The predicted molar refractivity (Wildman–Crippen MR) is 147 cm³/mol. The molecule has 3 amide bonds. The Morgan fingerprint density at radius 3 is 2.51 bits per heavy atom. The number of amides is 3. The monoisotopic (exact) mass is 572 g/mol. The lowest BCUT2D eigenvalue weighted by Crippen LogP contribution is -2.51. The molecule has 0 aliphatic carbocycles. The number of hydrogen-bond acceptors (Lipinski definition) is 9. The largest absolute Gasteiger partial charge is 0.493 e. The third kappa shape index (κ3) is 6.24. The quantitative estimate of drug-likeness (QED) is 0.478. The van der Waals surface area contributed by atoms with Gasteiger partial charge in [0.1, 0.15) is 11.3 Å². The van der Waals surface area contributed by atoms with Gasteiger partial charge in [-0.25, -0.2) is 14.5 Å². The van der Waals surface area contributed by atoms with Crippen LogP contribution in [0.3, 0.4) is 0 Å². The number of aromatic nitrogens is 1. The Kier molecular flexibility index (Phi) is 8.47. The Bertz CT molecular complexity index is 1350. The molecule has 3 heterocycles. The summed E-state index contributed by atoms with van der Waals surface area (Å²) in [7, 11) is 4.34. The zero-order chi connectivity index (χ0) is 30.1. The van der Waals surface area contributed by atoms with Gasteiger partial charge in [0.25, 0.3) is 5.91 Å². The molecule has 0 spiro atoms. The van der Waals surface area contributed by atoms with Crippen LogP contribution in [0.1, 0.15) is 60.9 Å². The van der Waals surface area contributed by atoms with Crippen LogP contribution in [0, 0.1) is 0 Å². The Hall–Kier alpha value is -4.26. The normalized spacial score (nSPS) is 18.3. The number of esters is 1. The summed E-state index contributed by atoms with van der Waals surface area (Å²) in [4.78, 5) is 53.9. The van der Waals surface area contributed by atoms with Gasteiger partial charge < -0.3 is 38.8 Å². The molecule has 0 saturated carbocycles. The Morgan fingerprint density at radius 1 is 1.12 bits per heavy atom. The van der Waals surface area contributed by atoms with Crippen molar-refractivity contribution in [2.45, 2.75) is 57.9 Å². The maximum atomic E-state index is 13.5. The molecule has 2 atom stereocenters. The fraction of sp³-hybridized carbons (Fsp3) is 0.500. The Balaban J connectivity index is 1.57. The molecule has 1 aromatic carbocycles. The van der Waals surface area contributed by atoms with E-state index in [1.54, 1.807) is 38.9 Å². The van der Waals surface area contributed by atoms with Crippen molar-refractivity contribution in [1.82, 2.24) is 9.47 Å². The van der Waals surface area contributed by atoms with Crippen molar-refractivity contribution >= 4 is 35.3 Å². The first kappa shape index (κ1) is 29.7. The number of methoxy groups -OCH3 is 2. The molecule has 41 heavy (non-hydrogen) atoms. The first-order chi connectivity index (χ1) is 19.3. The molecule has 4 rings (SSSR count). The number of anilines is 2. The van der Waals surface area contributed by atoms with Crippen LogP contribution in [0.15, 0.2) is 24.4 Å². The van der Waals surface area contributed by atoms with Crippen molar-refractivity contribution in [3.8, 4) is 11.5 Å². The minimum absolute atomic E-state index is 0.0596. The molecule has 222 valence electrons. The van der Waals surface area contributed by atoms with E-state index in [1.807, 2.05) is 0 Å². The summed E-state index contributed by atoms with van der Waals surface area (Å²) in [5, 5.41) is 14.0. The van der Waals surface area contributed by atoms with Crippen LogP contribution in [-0.4, -0.2) is 83.7 Å². The molecule has 2 aliphatic rings. The van der Waals surface area contributed by atoms with Gasteiger partial charge in [-0.3, -0.25) is 9.59 Å². The van der Waals surface area contributed by atoms with Gasteiger partial charge in [0.05, 0.1) is 50.2 Å². The second-order valence-corrected chi connectivity index (χ2v) is 10.9. The molecular formula is C28H36N4O9. The highest BCUT2D eigenvalue weighted by atomic mass is 16.6. The van der Waals surface area contributed by atoms with E-state index in [9.17, 15) is 24.3 Å². The van der Waals surface area contributed by atoms with Crippen LogP contribution in [0.25, 0.3) is 0 Å². The molecule has 2 aromatic rings. The number of ether oxygens (including phenoxy) is 4. The average molecular weight is 573 g/mol. The molecule has 13 nitrogen and oxygen atoms in total. The van der Waals surface area contributed by atoms with E-state index in [1.165, 1.54) is 37.0 Å². The number of aryl methyl sites for hydroxylation is 1. The van der Waals surface area contributed by atoms with Gasteiger partial charge in [-0.1, -0.05) is 0 Å². The SMILES string of the molecule is COC(=O)c1cc(NC(=O)CCOc2cc3c(cc2OC)C(=O)N2CCC[C@H]2[C@H](O)N3C(=O)OC(C)(C)C)cn1C. The Labute approximate surface area is 237 Å². The van der Waals surface area contributed by atoms with Crippen LogP contribution in [0.5, 0.6) is 11.5 Å². The minimum atomic E-state index is -1.34. The fourth-order valence-corrected chi connectivity index (χ4v) is 4.95. The number of hydrogen-bond donors (Lipinski definition) is 2. The van der Waals surface area contributed by atoms with Crippen molar-refractivity contribution < 1.29 is 43.2 Å². The number of nitrogens with zero attached hydrogens (tertiary/aromatic N) is 3. The number of carbonyl (C=O) groups excluding carboxylic acids is 4. The van der Waals surface area contributed by atoms with Gasteiger partial charge in [-0.2, -0.15) is 0 Å². The molecule has 0 unspecified atom stereocenters. The van der Waals surface area contributed by atoms with E-state index in [-0.39, 0.29) is 53.3 Å². The maximum Gasteiger partial charge on any atom is 0.417 e. The van der Waals surface area contributed by atoms with Crippen molar-refractivity contribution in [3.63, 3.8) is 0 Å². The maximum absolute atomic E-state index is 13.5. The Morgan fingerprint density at radius 2 is 1.85 bits per heavy atom. The summed E-state index contributed by atoms with van der Waals surface area (Å²) >= 11 is 0. The highest BCUT2D eigenvalue weighted by molar-refractivity contribution is 6.06. The highest BCUT2D eigenvalue weighted by Gasteiger charge is 2.45. The molecule has 2 N–H and O–H groups in total. The molecule has 2 aliphatic heterocycles. The second-order valence-electron chi connectivity index (χ2n) is 10.9. The van der Waals surface area contributed by atoms with Gasteiger partial charge >= 0.3 is 12.1 Å². The number of aliphatic hydroxyl groups excluding tert-OH is 1. The fourth-order valence-electron chi connectivity index (χ4n) is 4.95. The predicted octanol–water partition coefficient (Wildman–Crippen LogP) is 2.91. The third-order valence-electron chi connectivity index (χ3n) is 6.80. The van der Waals surface area contributed by atoms with E-state index >= 15 is 0 Å². The lowest BCUT2D eigenvalue weighted by molar-refractivity contribution is -0.116. The number of rotatable bonds is 7. The zero-order valence-corrected chi connectivity index (χ0v) is 24.1. The molecule has 1 fully saturated rings. The van der Waals surface area contributed by atoms with E-state index < -0.39 is 29.9 Å². The van der Waals surface area contributed by atoms with Crippen molar-refractivity contribution in [2.24, 2.45) is 7.05 Å². The lowest BCUT2D eigenvalue weighted by atomic mass is 10.1. The summed E-state index contributed by atoms with van der Waals surface area (Å²) in [5.74, 6) is -0.855. The zero-order valence-electron chi connectivity index (χ0n) is 24.1. The van der Waals surface area contributed by atoms with E-state index in [0.717, 1.165) is 4.90 Å². The molecule has 1 aromatic heterocycles. The summed E-state index contributed by atoms with van der Waals surface area (Å²) in [6, 6.07) is 3.81. The number of aliphatic hydroxyl groups is 1. The summed E-state index contributed by atoms with van der Waals surface area (Å²) in [5.41, 5.74) is 0.123. The molecule has 0 radical (unpaired) electrons. The summed E-state index contributed by atoms with van der Waals surface area (Å²) in [6.45, 7) is 5.50. The average Bonchev–Trinajstić information content (AvgIpc) is 3.51. The minimum Gasteiger partial charge on any atom is -0.493 e. The highest BCUT2D eigenvalue weighted by Crippen LogP contribution is 2.41. The number of benzene rings is 1. The number of carbonyl (C=O) groups is 4. The van der Waals surface area contributed by atoms with Crippen molar-refractivity contribution in [2.75, 3.05) is 37.6 Å². The molecule has 1 saturated heterocycles. The molecule has 13 heteroatoms. The number of fused-ring (bicyclic) bond motifs is 2. The first-order valence-corrected chi connectivity index (χ1v) is 13.2. The summed E-state index contributed by atoms with van der Waals surface area (Å²) in [6.07, 6.45) is 0.592. The smallest absolute Gasteiger partial charge is 0.417 e. The first-order valence-electron chi connectivity index (χ1n) is 13.2. The van der Waals surface area contributed by atoms with Crippen LogP contribution < -0.4 is 19.7 Å². The van der Waals surface area contributed by atoms with E-state index in [0.29, 0.717) is 25.1 Å². The standard InChI is InChI=1S/C28H36N4O9/c1-28(2,3)41-27(37)32-19-14-22(21(38-5)13-17(19)24(34)31-10-7-8-18(31)25(32)35)40-11-9-23(33)29-16-12-20(26(36)39-6)30(4)15-16/h12-15,18,25,35H,7-11H2,1-6H3,(H,29,33)/t18-,25-/m0/s1. The van der Waals surface area contributed by atoms with Gasteiger partial charge in [-0.05, 0) is 45.7 Å². The molecular weight excluding hydrogens is 536 g/mol. The van der Waals surface area contributed by atoms with Gasteiger partial charge in [0.15, 0.2) is 17.7 Å². The van der Waals surface area contributed by atoms with Gasteiger partial charge in [-0.15, -0.1) is 0 Å².